The standard InChI is InChI=1S/C23H22N4O3S/c1-14(2)25-23(29)26-16-9-7-15(8-10-16)21(28)24-13-17-11-12-19(30-17)22-27-18-5-3-4-6-20(18)31-22/h3-12,14H,13H2,1-2H3,(H,24,28)(H2,25,26,29). The molecule has 7 nitrogen and oxygen atoms in total. The van der Waals surface area contributed by atoms with Crippen LogP contribution in [-0.2, 0) is 6.54 Å². The Bertz CT molecular complexity index is 1180. The van der Waals surface area contributed by atoms with Gasteiger partial charge in [0.05, 0.1) is 16.8 Å². The smallest absolute Gasteiger partial charge is 0.319 e. The maximum atomic E-state index is 12.4. The summed E-state index contributed by atoms with van der Waals surface area (Å²) in [6.45, 7) is 4.03. The molecule has 4 aromatic rings. The van der Waals surface area contributed by atoms with Crippen LogP contribution >= 0.6 is 11.3 Å². The number of nitrogens with one attached hydrogen (secondary N) is 3. The number of hydrogen-bond donors (Lipinski definition) is 3. The molecule has 3 N–H and O–H groups in total. The highest BCUT2D eigenvalue weighted by molar-refractivity contribution is 7.21. The number of fused-ring (bicyclic) bond motifs is 1. The lowest BCUT2D eigenvalue weighted by Gasteiger charge is -2.10. The van der Waals surface area contributed by atoms with E-state index in [2.05, 4.69) is 20.9 Å². The molecular formula is C23H22N4O3S. The monoisotopic (exact) mass is 434 g/mol. The van der Waals surface area contributed by atoms with Crippen molar-refractivity contribution in [2.45, 2.75) is 26.4 Å². The van der Waals surface area contributed by atoms with E-state index in [1.807, 2.05) is 50.2 Å². The Kier molecular flexibility index (Phi) is 5.99. The minimum absolute atomic E-state index is 0.0434. The van der Waals surface area contributed by atoms with Gasteiger partial charge in [0.1, 0.15) is 5.76 Å². The summed E-state index contributed by atoms with van der Waals surface area (Å²) in [7, 11) is 0. The van der Waals surface area contributed by atoms with E-state index >= 15 is 0 Å². The average molecular weight is 435 g/mol. The summed E-state index contributed by atoms with van der Waals surface area (Å²) in [4.78, 5) is 28.8. The van der Waals surface area contributed by atoms with Gasteiger partial charge in [-0.15, -0.1) is 11.3 Å². The summed E-state index contributed by atoms with van der Waals surface area (Å²) in [5.41, 5.74) is 2.04. The van der Waals surface area contributed by atoms with Crippen LogP contribution in [0, 0.1) is 0 Å². The van der Waals surface area contributed by atoms with Gasteiger partial charge in [-0.25, -0.2) is 9.78 Å². The molecule has 0 unspecified atom stereocenters. The van der Waals surface area contributed by atoms with Crippen molar-refractivity contribution in [3.63, 3.8) is 0 Å². The Morgan fingerprint density at radius 2 is 1.81 bits per heavy atom. The molecular weight excluding hydrogens is 412 g/mol. The third kappa shape index (κ3) is 5.10. The average Bonchev–Trinajstić information content (AvgIpc) is 3.38. The molecule has 3 amide bonds. The predicted molar refractivity (Wildman–Crippen MR) is 122 cm³/mol. The SMILES string of the molecule is CC(C)NC(=O)Nc1ccc(C(=O)NCc2ccc(-c3nc4ccccc4s3)o2)cc1. The Balaban J connectivity index is 1.34. The van der Waals surface area contributed by atoms with Gasteiger partial charge in [-0.1, -0.05) is 12.1 Å². The van der Waals surface area contributed by atoms with Crippen molar-refractivity contribution in [1.82, 2.24) is 15.6 Å². The Labute approximate surface area is 183 Å². The minimum atomic E-state index is -0.283. The fourth-order valence-corrected chi connectivity index (χ4v) is 3.90. The van der Waals surface area contributed by atoms with Crippen LogP contribution in [0.2, 0.25) is 0 Å². The number of nitrogens with zero attached hydrogens (tertiary/aromatic N) is 1. The molecule has 0 aliphatic heterocycles. The Morgan fingerprint density at radius 3 is 2.55 bits per heavy atom. The van der Waals surface area contributed by atoms with Crippen molar-refractivity contribution in [3.8, 4) is 10.8 Å². The van der Waals surface area contributed by atoms with Crippen molar-refractivity contribution in [1.29, 1.82) is 0 Å². The maximum absolute atomic E-state index is 12.4. The second-order valence-electron chi connectivity index (χ2n) is 7.27. The normalized spacial score (nSPS) is 10.9. The quantitative estimate of drug-likeness (QED) is 0.397. The summed E-state index contributed by atoms with van der Waals surface area (Å²) < 4.78 is 6.96. The molecule has 4 rings (SSSR count). The zero-order valence-electron chi connectivity index (χ0n) is 17.1. The first-order chi connectivity index (χ1) is 15.0. The number of anilines is 1. The van der Waals surface area contributed by atoms with Crippen LogP contribution in [0.4, 0.5) is 10.5 Å². The third-order valence-electron chi connectivity index (χ3n) is 4.41. The number of benzene rings is 2. The summed E-state index contributed by atoms with van der Waals surface area (Å²) in [5.74, 6) is 1.10. The van der Waals surface area contributed by atoms with Crippen LogP contribution in [0.5, 0.6) is 0 Å². The molecule has 158 valence electrons. The molecule has 0 fully saturated rings. The lowest BCUT2D eigenvalue weighted by molar-refractivity contribution is 0.0948. The Morgan fingerprint density at radius 1 is 1.03 bits per heavy atom. The molecule has 0 spiro atoms. The molecule has 2 aromatic carbocycles. The van der Waals surface area contributed by atoms with Crippen molar-refractivity contribution < 1.29 is 14.0 Å². The highest BCUT2D eigenvalue weighted by Crippen LogP contribution is 2.31. The highest BCUT2D eigenvalue weighted by atomic mass is 32.1. The molecule has 31 heavy (non-hydrogen) atoms. The molecule has 0 saturated carbocycles. The van der Waals surface area contributed by atoms with Crippen LogP contribution in [0.3, 0.4) is 0 Å². The molecule has 0 aliphatic rings. The van der Waals surface area contributed by atoms with Crippen molar-refractivity contribution in [2.24, 2.45) is 0 Å². The topological polar surface area (TPSA) is 96.3 Å². The second kappa shape index (κ2) is 9.01. The zero-order chi connectivity index (χ0) is 21.8. The van der Waals surface area contributed by atoms with Crippen LogP contribution in [0.25, 0.3) is 21.0 Å². The molecule has 2 aromatic heterocycles. The summed E-state index contributed by atoms with van der Waals surface area (Å²) in [6, 6.07) is 18.1. The number of aromatic nitrogens is 1. The second-order valence-corrected chi connectivity index (χ2v) is 8.30. The largest absolute Gasteiger partial charge is 0.457 e. The van der Waals surface area contributed by atoms with Gasteiger partial charge in [0.2, 0.25) is 0 Å². The number of carbonyl (C=O) groups excluding carboxylic acids is 2. The van der Waals surface area contributed by atoms with Crippen LogP contribution in [0.1, 0.15) is 30.0 Å². The van der Waals surface area contributed by atoms with Crippen molar-refractivity contribution in [3.05, 3.63) is 72.0 Å². The third-order valence-corrected chi connectivity index (χ3v) is 5.47. The number of rotatable bonds is 6. The number of hydrogen-bond acceptors (Lipinski definition) is 5. The number of thiazole rings is 1. The first-order valence-electron chi connectivity index (χ1n) is 9.88. The number of para-hydroxylation sites is 1. The van der Waals surface area contributed by atoms with Gasteiger partial charge in [-0.2, -0.15) is 0 Å². The van der Waals surface area contributed by atoms with E-state index in [0.29, 0.717) is 22.8 Å². The van der Waals surface area contributed by atoms with Gasteiger partial charge in [0, 0.05) is 17.3 Å². The fraction of sp³-hybridized carbons (Fsp3) is 0.174. The van der Waals surface area contributed by atoms with Gasteiger partial charge in [0.25, 0.3) is 5.91 Å². The molecule has 0 aliphatic carbocycles. The lowest BCUT2D eigenvalue weighted by atomic mass is 10.2. The zero-order valence-corrected chi connectivity index (χ0v) is 18.0. The number of furan rings is 1. The molecule has 0 saturated heterocycles. The van der Waals surface area contributed by atoms with Crippen LogP contribution < -0.4 is 16.0 Å². The fourth-order valence-electron chi connectivity index (χ4n) is 2.97. The van der Waals surface area contributed by atoms with E-state index < -0.39 is 0 Å². The van der Waals surface area contributed by atoms with Gasteiger partial charge in [-0.05, 0) is 62.4 Å². The summed E-state index contributed by atoms with van der Waals surface area (Å²) in [6.07, 6.45) is 0. The molecule has 8 heteroatoms. The van der Waals surface area contributed by atoms with Crippen molar-refractivity contribution >= 4 is 39.2 Å². The highest BCUT2D eigenvalue weighted by Gasteiger charge is 2.12. The molecule has 0 atom stereocenters. The summed E-state index contributed by atoms with van der Waals surface area (Å²) in [5, 5.41) is 9.12. The van der Waals surface area contributed by atoms with E-state index in [0.717, 1.165) is 15.2 Å². The first kappa shape index (κ1) is 20.6. The van der Waals surface area contributed by atoms with E-state index in [9.17, 15) is 9.59 Å². The van der Waals surface area contributed by atoms with E-state index in [1.54, 1.807) is 35.6 Å². The number of amides is 3. The summed E-state index contributed by atoms with van der Waals surface area (Å²) >= 11 is 1.57. The van der Waals surface area contributed by atoms with Gasteiger partial charge in [0.15, 0.2) is 10.8 Å². The van der Waals surface area contributed by atoms with E-state index in [-0.39, 0.29) is 24.5 Å². The van der Waals surface area contributed by atoms with Gasteiger partial charge < -0.3 is 20.4 Å². The van der Waals surface area contributed by atoms with Gasteiger partial charge in [-0.3, -0.25) is 4.79 Å². The molecule has 2 heterocycles. The van der Waals surface area contributed by atoms with Crippen LogP contribution in [-0.4, -0.2) is 23.0 Å². The number of urea groups is 1. The van der Waals surface area contributed by atoms with Crippen molar-refractivity contribution in [2.75, 3.05) is 5.32 Å². The lowest BCUT2D eigenvalue weighted by Crippen LogP contribution is -2.34. The van der Waals surface area contributed by atoms with Gasteiger partial charge >= 0.3 is 6.03 Å². The minimum Gasteiger partial charge on any atom is -0.457 e. The maximum Gasteiger partial charge on any atom is 0.319 e. The molecule has 0 radical (unpaired) electrons. The van der Waals surface area contributed by atoms with E-state index in [1.165, 1.54) is 0 Å². The first-order valence-corrected chi connectivity index (χ1v) is 10.7. The Hall–Kier alpha value is -3.65. The predicted octanol–water partition coefficient (Wildman–Crippen LogP) is 5.02. The molecule has 0 bridgehead atoms. The van der Waals surface area contributed by atoms with Crippen LogP contribution in [0.15, 0.2) is 65.1 Å². The van der Waals surface area contributed by atoms with E-state index in [4.69, 9.17) is 4.42 Å². The number of carbonyl (C=O) groups is 2.